The minimum absolute atomic E-state index is 0.0333. The van der Waals surface area contributed by atoms with Gasteiger partial charge in [0.15, 0.2) is 0 Å². The fourth-order valence-corrected chi connectivity index (χ4v) is 0.863. The lowest BCUT2D eigenvalue weighted by Crippen LogP contribution is -2.17. The third kappa shape index (κ3) is 11.5. The Morgan fingerprint density at radius 2 is 1.75 bits per heavy atom. The molecule has 0 bridgehead atoms. The molecule has 96 valence electrons. The highest BCUT2D eigenvalue weighted by Gasteiger charge is 2.04. The van der Waals surface area contributed by atoms with Crippen molar-refractivity contribution < 1.29 is 19.0 Å². The van der Waals surface area contributed by atoms with Gasteiger partial charge in [-0.25, -0.2) is 4.79 Å². The summed E-state index contributed by atoms with van der Waals surface area (Å²) in [7, 11) is 0. The molecule has 4 heteroatoms. The predicted molar refractivity (Wildman–Crippen MR) is 62.0 cm³/mol. The first kappa shape index (κ1) is 15.4. The van der Waals surface area contributed by atoms with E-state index in [-0.39, 0.29) is 19.4 Å². The molecule has 0 aliphatic carbocycles. The summed E-state index contributed by atoms with van der Waals surface area (Å²) in [6.07, 6.45) is 1.00. The van der Waals surface area contributed by atoms with E-state index in [0.717, 1.165) is 6.42 Å². The Balaban J connectivity index is 3.21. The molecule has 0 spiro atoms. The molecule has 16 heavy (non-hydrogen) atoms. The number of hydrogen-bond donors (Lipinski definition) is 0. The Morgan fingerprint density at radius 3 is 2.31 bits per heavy atom. The molecular weight excluding hydrogens is 208 g/mol. The van der Waals surface area contributed by atoms with Gasteiger partial charge in [0, 0.05) is 6.61 Å². The Bertz CT molecular complexity index is 178. The van der Waals surface area contributed by atoms with Crippen molar-refractivity contribution in [3.8, 4) is 0 Å². The lowest BCUT2D eigenvalue weighted by Gasteiger charge is -2.08. The Hall–Kier alpha value is -0.610. The van der Waals surface area contributed by atoms with E-state index in [1.807, 2.05) is 13.8 Å². The van der Waals surface area contributed by atoms with Crippen molar-refractivity contribution in [1.29, 1.82) is 0 Å². The van der Waals surface area contributed by atoms with Crippen LogP contribution in [0, 0.1) is 11.8 Å². The zero-order valence-electron chi connectivity index (χ0n) is 10.8. The van der Waals surface area contributed by atoms with Gasteiger partial charge in [0.25, 0.3) is 0 Å². The van der Waals surface area contributed by atoms with Gasteiger partial charge in [-0.3, -0.25) is 0 Å². The van der Waals surface area contributed by atoms with Gasteiger partial charge in [0.1, 0.15) is 13.4 Å². The number of rotatable bonds is 9. The van der Waals surface area contributed by atoms with Crippen LogP contribution in [0.4, 0.5) is 0 Å². The smallest absolute Gasteiger partial charge is 0.332 e. The molecule has 0 saturated heterocycles. The Morgan fingerprint density at radius 1 is 1.06 bits per heavy atom. The molecule has 0 aromatic heterocycles. The lowest BCUT2D eigenvalue weighted by atomic mass is 10.1. The van der Waals surface area contributed by atoms with Crippen LogP contribution in [0.1, 0.15) is 34.1 Å². The first-order valence-electron chi connectivity index (χ1n) is 5.83. The molecule has 0 N–H and O–H groups in total. The SMILES string of the molecule is CC(C)CCOCOCC(=O)OCC(C)C. The van der Waals surface area contributed by atoms with Crippen molar-refractivity contribution in [3.63, 3.8) is 0 Å². The highest BCUT2D eigenvalue weighted by molar-refractivity contribution is 5.70. The summed E-state index contributed by atoms with van der Waals surface area (Å²) in [5.74, 6) is 0.642. The van der Waals surface area contributed by atoms with Gasteiger partial charge in [0.2, 0.25) is 0 Å². The van der Waals surface area contributed by atoms with Gasteiger partial charge in [-0.1, -0.05) is 27.7 Å². The molecule has 0 fully saturated rings. The molecule has 0 atom stereocenters. The molecule has 0 unspecified atom stereocenters. The van der Waals surface area contributed by atoms with E-state index in [9.17, 15) is 4.79 Å². The first-order valence-corrected chi connectivity index (χ1v) is 5.83. The van der Waals surface area contributed by atoms with Crippen LogP contribution in [0.25, 0.3) is 0 Å². The van der Waals surface area contributed by atoms with E-state index >= 15 is 0 Å². The average molecular weight is 232 g/mol. The average Bonchev–Trinajstić information content (AvgIpc) is 2.19. The van der Waals surface area contributed by atoms with Crippen LogP contribution in [-0.4, -0.2) is 32.6 Å². The molecule has 0 heterocycles. The standard InChI is InChI=1S/C12H24O4/c1-10(2)5-6-14-9-15-8-12(13)16-7-11(3)4/h10-11H,5-9H2,1-4H3. The summed E-state index contributed by atoms with van der Waals surface area (Å²) in [6, 6.07) is 0. The molecule has 0 saturated carbocycles. The van der Waals surface area contributed by atoms with Gasteiger partial charge in [0.05, 0.1) is 6.61 Å². The second-order valence-corrected chi connectivity index (χ2v) is 4.63. The maximum absolute atomic E-state index is 11.1. The Kier molecular flexibility index (Phi) is 9.24. The van der Waals surface area contributed by atoms with Gasteiger partial charge >= 0.3 is 5.97 Å². The summed E-state index contributed by atoms with van der Waals surface area (Å²) in [6.45, 7) is 9.47. The molecule has 4 nitrogen and oxygen atoms in total. The topological polar surface area (TPSA) is 44.8 Å². The molecule has 0 aromatic rings. The maximum atomic E-state index is 11.1. The summed E-state index contributed by atoms with van der Waals surface area (Å²) in [5, 5.41) is 0. The number of esters is 1. The van der Waals surface area contributed by atoms with Gasteiger partial charge < -0.3 is 14.2 Å². The second-order valence-electron chi connectivity index (χ2n) is 4.63. The largest absolute Gasteiger partial charge is 0.464 e. The molecular formula is C12H24O4. The first-order chi connectivity index (χ1) is 7.52. The molecule has 0 rings (SSSR count). The fraction of sp³-hybridized carbons (Fsp3) is 0.917. The van der Waals surface area contributed by atoms with Crippen LogP contribution in [0.2, 0.25) is 0 Å². The zero-order valence-corrected chi connectivity index (χ0v) is 10.8. The summed E-state index contributed by atoms with van der Waals surface area (Å²) >= 11 is 0. The van der Waals surface area contributed by atoms with Crippen LogP contribution in [0.5, 0.6) is 0 Å². The van der Waals surface area contributed by atoms with Gasteiger partial charge in [-0.2, -0.15) is 0 Å². The second kappa shape index (κ2) is 9.60. The molecule has 0 aromatic carbocycles. The van der Waals surface area contributed by atoms with E-state index in [4.69, 9.17) is 14.2 Å². The third-order valence-corrected chi connectivity index (χ3v) is 1.80. The van der Waals surface area contributed by atoms with E-state index in [1.54, 1.807) is 0 Å². The molecule has 0 aliphatic rings. The van der Waals surface area contributed by atoms with E-state index < -0.39 is 0 Å². The van der Waals surface area contributed by atoms with Crippen LogP contribution < -0.4 is 0 Å². The molecule has 0 radical (unpaired) electrons. The minimum atomic E-state index is -0.332. The number of ether oxygens (including phenoxy) is 3. The zero-order chi connectivity index (χ0) is 12.4. The van der Waals surface area contributed by atoms with E-state index in [1.165, 1.54) is 0 Å². The van der Waals surface area contributed by atoms with Crippen LogP contribution in [0.3, 0.4) is 0 Å². The monoisotopic (exact) mass is 232 g/mol. The molecule has 0 amide bonds. The van der Waals surface area contributed by atoms with E-state index in [0.29, 0.717) is 25.0 Å². The Labute approximate surface area is 98.3 Å². The van der Waals surface area contributed by atoms with E-state index in [2.05, 4.69) is 13.8 Å². The van der Waals surface area contributed by atoms with Gasteiger partial charge in [-0.05, 0) is 18.3 Å². The minimum Gasteiger partial charge on any atom is -0.464 e. The predicted octanol–water partition coefficient (Wildman–Crippen LogP) is 2.22. The van der Waals surface area contributed by atoms with Crippen molar-refractivity contribution in [3.05, 3.63) is 0 Å². The van der Waals surface area contributed by atoms with Crippen LogP contribution >= 0.6 is 0 Å². The van der Waals surface area contributed by atoms with Gasteiger partial charge in [-0.15, -0.1) is 0 Å². The number of carbonyl (C=O) groups is 1. The molecule has 0 aliphatic heterocycles. The summed E-state index contributed by atoms with van der Waals surface area (Å²) in [5.41, 5.74) is 0. The fourth-order valence-electron chi connectivity index (χ4n) is 0.863. The van der Waals surface area contributed by atoms with Crippen molar-refractivity contribution in [2.45, 2.75) is 34.1 Å². The van der Waals surface area contributed by atoms with Crippen molar-refractivity contribution in [2.75, 3.05) is 26.6 Å². The van der Waals surface area contributed by atoms with Crippen LogP contribution in [0.15, 0.2) is 0 Å². The quantitative estimate of drug-likeness (QED) is 0.347. The highest BCUT2D eigenvalue weighted by Crippen LogP contribution is 1.98. The van der Waals surface area contributed by atoms with Crippen molar-refractivity contribution >= 4 is 5.97 Å². The normalized spacial score (nSPS) is 11.1. The maximum Gasteiger partial charge on any atom is 0.332 e. The van der Waals surface area contributed by atoms with Crippen molar-refractivity contribution in [1.82, 2.24) is 0 Å². The lowest BCUT2D eigenvalue weighted by molar-refractivity contribution is -0.155. The third-order valence-electron chi connectivity index (χ3n) is 1.80. The number of carbonyl (C=O) groups excluding carboxylic acids is 1. The summed E-state index contributed by atoms with van der Waals surface area (Å²) in [4.78, 5) is 11.1. The highest BCUT2D eigenvalue weighted by atomic mass is 16.7. The van der Waals surface area contributed by atoms with Crippen LogP contribution in [-0.2, 0) is 19.0 Å². The summed E-state index contributed by atoms with van der Waals surface area (Å²) < 4.78 is 15.1. The number of hydrogen-bond acceptors (Lipinski definition) is 4. The van der Waals surface area contributed by atoms with Crippen molar-refractivity contribution in [2.24, 2.45) is 11.8 Å².